The summed E-state index contributed by atoms with van der Waals surface area (Å²) in [4.78, 5) is 23.9. The number of ether oxygens (including phenoxy) is 2. The van der Waals surface area contributed by atoms with Gasteiger partial charge in [-0.25, -0.2) is 9.59 Å². The van der Waals surface area contributed by atoms with E-state index in [0.717, 1.165) is 0 Å². The van der Waals surface area contributed by atoms with E-state index in [4.69, 9.17) is 9.47 Å². The van der Waals surface area contributed by atoms with Crippen LogP contribution in [0.1, 0.15) is 20.7 Å². The first-order valence-corrected chi connectivity index (χ1v) is 6.94. The van der Waals surface area contributed by atoms with Crippen LogP contribution in [0.25, 0.3) is 0 Å². The average Bonchev–Trinajstić information content (AvgIpc) is 3.21. The number of carbonyl (C=O) groups excluding carboxylic acids is 2. The topological polar surface area (TPSA) is 52.6 Å². The minimum absolute atomic E-state index is 0.321. The molecule has 0 saturated carbocycles. The van der Waals surface area contributed by atoms with E-state index >= 15 is 0 Å². The molecular weight excluding hydrogens is 280 g/mol. The smallest absolute Gasteiger partial charge is 0.339 e. The molecule has 0 unspecified atom stereocenters. The molecule has 0 fully saturated rings. The average molecular weight is 294 g/mol. The zero-order chi connectivity index (χ0) is 15.4. The van der Waals surface area contributed by atoms with Crippen molar-refractivity contribution in [3.63, 3.8) is 0 Å². The summed E-state index contributed by atoms with van der Waals surface area (Å²) in [5.74, 6) is -0.856. The van der Waals surface area contributed by atoms with E-state index < -0.39 is 11.9 Å². The van der Waals surface area contributed by atoms with Crippen molar-refractivity contribution in [1.82, 2.24) is 0 Å². The Morgan fingerprint density at radius 3 is 1.27 bits per heavy atom. The third-order valence-electron chi connectivity index (χ3n) is 3.27. The maximum Gasteiger partial charge on any atom is 0.339 e. The summed E-state index contributed by atoms with van der Waals surface area (Å²) in [7, 11) is 0. The number of carbonyl (C=O) groups is 2. The fourth-order valence-electron chi connectivity index (χ4n) is 2.11. The Hall–Kier alpha value is -2.88. The summed E-state index contributed by atoms with van der Waals surface area (Å²) in [5.41, 5.74) is 0.789. The molecule has 1 aromatic carbocycles. The van der Waals surface area contributed by atoms with E-state index in [9.17, 15) is 9.59 Å². The van der Waals surface area contributed by atoms with Gasteiger partial charge < -0.3 is 9.47 Å². The highest BCUT2D eigenvalue weighted by Crippen LogP contribution is 2.13. The highest BCUT2D eigenvalue weighted by Gasteiger charge is 2.16. The predicted molar refractivity (Wildman–Crippen MR) is 81.4 cm³/mol. The number of hydrogen-bond acceptors (Lipinski definition) is 4. The second kappa shape index (κ2) is 6.26. The van der Waals surface area contributed by atoms with E-state index in [1.165, 1.54) is 0 Å². The lowest BCUT2D eigenvalue weighted by atomic mass is 10.1. The van der Waals surface area contributed by atoms with Crippen molar-refractivity contribution >= 4 is 11.9 Å². The van der Waals surface area contributed by atoms with Crippen LogP contribution in [0.3, 0.4) is 0 Å². The van der Waals surface area contributed by atoms with Crippen molar-refractivity contribution in [2.24, 2.45) is 0 Å². The molecule has 2 aliphatic carbocycles. The summed E-state index contributed by atoms with van der Waals surface area (Å²) in [6.07, 6.45) is 13.8. The van der Waals surface area contributed by atoms with Crippen LogP contribution in [0.2, 0.25) is 0 Å². The van der Waals surface area contributed by atoms with Gasteiger partial charge in [0.25, 0.3) is 0 Å². The SMILES string of the molecule is O=C(OC1C=CC=C1)c1ccc(C(=O)OC2C=CC=C2)cc1. The Balaban J connectivity index is 1.61. The Morgan fingerprint density at radius 1 is 0.636 bits per heavy atom. The lowest BCUT2D eigenvalue weighted by Gasteiger charge is -2.10. The van der Waals surface area contributed by atoms with Gasteiger partial charge in [0, 0.05) is 0 Å². The molecule has 0 heterocycles. The molecule has 0 saturated heterocycles. The van der Waals surface area contributed by atoms with Crippen molar-refractivity contribution in [2.75, 3.05) is 0 Å². The molecule has 1 aromatic rings. The van der Waals surface area contributed by atoms with Crippen LogP contribution in [0.4, 0.5) is 0 Å². The zero-order valence-electron chi connectivity index (χ0n) is 11.7. The van der Waals surface area contributed by atoms with Gasteiger partial charge in [-0.15, -0.1) is 0 Å². The van der Waals surface area contributed by atoms with Crippen LogP contribution in [-0.4, -0.2) is 24.1 Å². The summed E-state index contributed by atoms with van der Waals surface area (Å²) < 4.78 is 10.5. The van der Waals surface area contributed by atoms with Crippen molar-refractivity contribution in [1.29, 1.82) is 0 Å². The lowest BCUT2D eigenvalue weighted by Crippen LogP contribution is -2.14. The molecule has 0 aromatic heterocycles. The van der Waals surface area contributed by atoms with E-state index in [-0.39, 0.29) is 12.2 Å². The number of benzene rings is 1. The van der Waals surface area contributed by atoms with Crippen molar-refractivity contribution in [3.05, 3.63) is 84.0 Å². The van der Waals surface area contributed by atoms with E-state index in [0.29, 0.717) is 11.1 Å². The van der Waals surface area contributed by atoms with Gasteiger partial charge in [0.05, 0.1) is 11.1 Å². The van der Waals surface area contributed by atoms with Gasteiger partial charge >= 0.3 is 11.9 Å². The molecule has 0 amide bonds. The normalized spacial score (nSPS) is 16.4. The second-order valence-corrected chi connectivity index (χ2v) is 4.86. The molecule has 2 aliphatic rings. The molecule has 0 N–H and O–H groups in total. The molecule has 22 heavy (non-hydrogen) atoms. The lowest BCUT2D eigenvalue weighted by molar-refractivity contribution is 0.0451. The van der Waals surface area contributed by atoms with Crippen LogP contribution >= 0.6 is 0 Å². The van der Waals surface area contributed by atoms with Gasteiger partial charge in [0.15, 0.2) is 0 Å². The molecule has 0 radical (unpaired) electrons. The molecule has 4 heteroatoms. The molecule has 4 nitrogen and oxygen atoms in total. The molecule has 0 aliphatic heterocycles. The maximum atomic E-state index is 11.9. The molecule has 0 bridgehead atoms. The van der Waals surface area contributed by atoms with Gasteiger partial charge in [-0.2, -0.15) is 0 Å². The highest BCUT2D eigenvalue weighted by atomic mass is 16.5. The number of allylic oxidation sites excluding steroid dienone is 4. The molecular formula is C18H14O4. The van der Waals surface area contributed by atoms with E-state index in [1.807, 2.05) is 24.3 Å². The van der Waals surface area contributed by atoms with Crippen molar-refractivity contribution in [2.45, 2.75) is 12.2 Å². The predicted octanol–water partition coefficient (Wildman–Crippen LogP) is 2.99. The van der Waals surface area contributed by atoms with Gasteiger partial charge in [-0.1, -0.05) is 24.3 Å². The first-order valence-electron chi connectivity index (χ1n) is 6.94. The van der Waals surface area contributed by atoms with E-state index in [1.54, 1.807) is 48.6 Å². The first-order chi connectivity index (χ1) is 10.7. The number of hydrogen-bond donors (Lipinski definition) is 0. The molecule has 0 spiro atoms. The molecule has 0 atom stereocenters. The van der Waals surface area contributed by atoms with Gasteiger partial charge in [0.2, 0.25) is 0 Å². The Kier molecular flexibility index (Phi) is 4.01. The number of rotatable bonds is 4. The van der Waals surface area contributed by atoms with Crippen molar-refractivity contribution in [3.8, 4) is 0 Å². The summed E-state index contributed by atoms with van der Waals surface area (Å²) in [5, 5.41) is 0. The standard InChI is InChI=1S/C18H14O4/c19-17(21-15-5-1-2-6-15)13-9-11-14(12-10-13)18(20)22-16-7-3-4-8-16/h1-12,15-16H. The van der Waals surface area contributed by atoms with Crippen LogP contribution < -0.4 is 0 Å². The van der Waals surface area contributed by atoms with Crippen LogP contribution in [0, 0.1) is 0 Å². The zero-order valence-corrected chi connectivity index (χ0v) is 11.7. The quantitative estimate of drug-likeness (QED) is 0.801. The second-order valence-electron chi connectivity index (χ2n) is 4.86. The number of esters is 2. The van der Waals surface area contributed by atoms with Crippen LogP contribution in [0.5, 0.6) is 0 Å². The first kappa shape index (κ1) is 14.1. The third-order valence-corrected chi connectivity index (χ3v) is 3.27. The minimum atomic E-state index is -0.428. The fourth-order valence-corrected chi connectivity index (χ4v) is 2.11. The van der Waals surface area contributed by atoms with E-state index in [2.05, 4.69) is 0 Å². The molecule has 3 rings (SSSR count). The summed E-state index contributed by atoms with van der Waals surface area (Å²) in [6.45, 7) is 0. The summed E-state index contributed by atoms with van der Waals surface area (Å²) >= 11 is 0. The van der Waals surface area contributed by atoms with Crippen LogP contribution in [0.15, 0.2) is 72.9 Å². The Bertz CT molecular complexity index is 607. The Labute approximate surface area is 128 Å². The Morgan fingerprint density at radius 2 is 0.955 bits per heavy atom. The monoisotopic (exact) mass is 294 g/mol. The summed E-state index contributed by atoms with van der Waals surface area (Å²) in [6, 6.07) is 6.23. The molecule has 110 valence electrons. The fraction of sp³-hybridized carbons (Fsp3) is 0.111. The van der Waals surface area contributed by atoms with Crippen LogP contribution in [-0.2, 0) is 9.47 Å². The van der Waals surface area contributed by atoms with Gasteiger partial charge in [-0.3, -0.25) is 0 Å². The third kappa shape index (κ3) is 3.23. The van der Waals surface area contributed by atoms with Crippen molar-refractivity contribution < 1.29 is 19.1 Å². The highest BCUT2D eigenvalue weighted by molar-refractivity contribution is 5.93. The largest absolute Gasteiger partial charge is 0.450 e. The maximum absolute atomic E-state index is 11.9. The van der Waals surface area contributed by atoms with Gasteiger partial charge in [0.1, 0.15) is 12.2 Å². The minimum Gasteiger partial charge on any atom is -0.450 e. The van der Waals surface area contributed by atoms with Gasteiger partial charge in [-0.05, 0) is 48.6 Å².